The first-order chi connectivity index (χ1) is 8.93. The standard InChI is InChI=1S/C13H18ClF2NO2/c1-8(7-18)9(2)17-6-10-3-4-12(11(14)5-10)19-13(15)16/h3-5,8-9,13,17-18H,6-7H2,1-2H3. The molecule has 0 saturated carbocycles. The SMILES string of the molecule is CC(CO)C(C)NCc1ccc(OC(F)F)c(Cl)c1. The average Bonchev–Trinajstić information content (AvgIpc) is 2.37. The molecular weight excluding hydrogens is 276 g/mol. The maximum atomic E-state index is 12.1. The molecule has 1 rings (SSSR count). The number of benzene rings is 1. The van der Waals surface area contributed by atoms with E-state index in [0.717, 1.165) is 5.56 Å². The van der Waals surface area contributed by atoms with Gasteiger partial charge in [-0.3, -0.25) is 0 Å². The van der Waals surface area contributed by atoms with Crippen LogP contribution < -0.4 is 10.1 Å². The lowest BCUT2D eigenvalue weighted by molar-refractivity contribution is -0.0497. The van der Waals surface area contributed by atoms with Gasteiger partial charge in [0.25, 0.3) is 0 Å². The van der Waals surface area contributed by atoms with E-state index in [1.807, 2.05) is 13.8 Å². The molecular formula is C13H18ClF2NO2. The highest BCUT2D eigenvalue weighted by molar-refractivity contribution is 6.32. The molecule has 0 aromatic heterocycles. The number of rotatable bonds is 7. The monoisotopic (exact) mass is 293 g/mol. The van der Waals surface area contributed by atoms with E-state index in [0.29, 0.717) is 6.54 Å². The first-order valence-electron chi connectivity index (χ1n) is 6.01. The second kappa shape index (κ2) is 7.62. The predicted octanol–water partition coefficient (Wildman–Crippen LogP) is 3.05. The zero-order valence-corrected chi connectivity index (χ0v) is 11.6. The number of ether oxygens (including phenoxy) is 1. The molecule has 0 bridgehead atoms. The van der Waals surface area contributed by atoms with Gasteiger partial charge >= 0.3 is 6.61 Å². The van der Waals surface area contributed by atoms with Crippen molar-refractivity contribution in [1.29, 1.82) is 0 Å². The quantitative estimate of drug-likeness (QED) is 0.812. The van der Waals surface area contributed by atoms with E-state index in [2.05, 4.69) is 10.1 Å². The molecule has 108 valence electrons. The summed E-state index contributed by atoms with van der Waals surface area (Å²) < 4.78 is 28.4. The maximum absolute atomic E-state index is 12.1. The Morgan fingerprint density at radius 3 is 2.58 bits per heavy atom. The third-order valence-electron chi connectivity index (χ3n) is 2.98. The van der Waals surface area contributed by atoms with Gasteiger partial charge < -0.3 is 15.2 Å². The van der Waals surface area contributed by atoms with Crippen LogP contribution in [-0.2, 0) is 6.54 Å². The van der Waals surface area contributed by atoms with Crippen molar-refractivity contribution in [3.05, 3.63) is 28.8 Å². The Balaban J connectivity index is 2.58. The molecule has 3 nitrogen and oxygen atoms in total. The van der Waals surface area contributed by atoms with Gasteiger partial charge in [-0.25, -0.2) is 0 Å². The van der Waals surface area contributed by atoms with Crippen molar-refractivity contribution in [2.75, 3.05) is 6.61 Å². The lowest BCUT2D eigenvalue weighted by atomic mass is 10.0. The molecule has 6 heteroatoms. The van der Waals surface area contributed by atoms with Crippen molar-refractivity contribution >= 4 is 11.6 Å². The third-order valence-corrected chi connectivity index (χ3v) is 3.28. The highest BCUT2D eigenvalue weighted by Gasteiger charge is 2.12. The van der Waals surface area contributed by atoms with Crippen molar-refractivity contribution < 1.29 is 18.6 Å². The van der Waals surface area contributed by atoms with Crippen LogP contribution in [0.3, 0.4) is 0 Å². The Labute approximate surface area is 116 Å². The first kappa shape index (κ1) is 16.1. The molecule has 0 aliphatic heterocycles. The van der Waals surface area contributed by atoms with Crippen molar-refractivity contribution in [3.8, 4) is 5.75 Å². The minimum Gasteiger partial charge on any atom is -0.433 e. The highest BCUT2D eigenvalue weighted by atomic mass is 35.5. The lowest BCUT2D eigenvalue weighted by Gasteiger charge is -2.19. The van der Waals surface area contributed by atoms with E-state index in [-0.39, 0.29) is 29.3 Å². The fraction of sp³-hybridized carbons (Fsp3) is 0.538. The largest absolute Gasteiger partial charge is 0.433 e. The van der Waals surface area contributed by atoms with Gasteiger partial charge in [0.15, 0.2) is 0 Å². The number of aliphatic hydroxyl groups excluding tert-OH is 1. The second-order valence-corrected chi connectivity index (χ2v) is 4.88. The highest BCUT2D eigenvalue weighted by Crippen LogP contribution is 2.26. The minimum absolute atomic E-state index is 0.0304. The molecule has 1 aromatic rings. The lowest BCUT2D eigenvalue weighted by Crippen LogP contribution is -2.33. The van der Waals surface area contributed by atoms with Gasteiger partial charge in [0.05, 0.1) is 5.02 Å². The summed E-state index contributed by atoms with van der Waals surface area (Å²) in [5.41, 5.74) is 0.864. The Bertz CT molecular complexity index is 404. The molecule has 19 heavy (non-hydrogen) atoms. The third kappa shape index (κ3) is 5.30. The van der Waals surface area contributed by atoms with E-state index in [1.54, 1.807) is 12.1 Å². The molecule has 0 aliphatic carbocycles. The van der Waals surface area contributed by atoms with Gasteiger partial charge in [-0.05, 0) is 30.5 Å². The minimum atomic E-state index is -2.88. The summed E-state index contributed by atoms with van der Waals surface area (Å²) in [4.78, 5) is 0. The van der Waals surface area contributed by atoms with Crippen LogP contribution in [0, 0.1) is 5.92 Å². The number of hydrogen-bond donors (Lipinski definition) is 2. The molecule has 2 unspecified atom stereocenters. The van der Waals surface area contributed by atoms with Crippen molar-refractivity contribution in [1.82, 2.24) is 5.32 Å². The van der Waals surface area contributed by atoms with Crippen LogP contribution in [0.15, 0.2) is 18.2 Å². The summed E-state index contributed by atoms with van der Waals surface area (Å²) in [6.45, 7) is 1.67. The molecule has 2 atom stereocenters. The number of nitrogens with one attached hydrogen (secondary N) is 1. The Morgan fingerprint density at radius 1 is 1.37 bits per heavy atom. The van der Waals surface area contributed by atoms with Crippen LogP contribution in [-0.4, -0.2) is 24.4 Å². The Hall–Kier alpha value is -0.910. The molecule has 1 aromatic carbocycles. The molecule has 0 aliphatic rings. The van der Waals surface area contributed by atoms with Crippen LogP contribution in [0.5, 0.6) is 5.75 Å². The van der Waals surface area contributed by atoms with Crippen LogP contribution >= 0.6 is 11.6 Å². The molecule has 0 saturated heterocycles. The smallest absolute Gasteiger partial charge is 0.387 e. The number of alkyl halides is 2. The topological polar surface area (TPSA) is 41.5 Å². The van der Waals surface area contributed by atoms with Gasteiger partial charge in [-0.2, -0.15) is 8.78 Å². The van der Waals surface area contributed by atoms with Gasteiger partial charge in [0.1, 0.15) is 5.75 Å². The van der Waals surface area contributed by atoms with Crippen LogP contribution in [0.4, 0.5) is 8.78 Å². The maximum Gasteiger partial charge on any atom is 0.387 e. The molecule has 0 fully saturated rings. The predicted molar refractivity (Wildman–Crippen MR) is 70.6 cm³/mol. The van der Waals surface area contributed by atoms with E-state index < -0.39 is 6.61 Å². The number of aliphatic hydroxyl groups is 1. The summed E-state index contributed by atoms with van der Waals surface area (Å²) in [5.74, 6) is 0.106. The summed E-state index contributed by atoms with van der Waals surface area (Å²) >= 11 is 5.85. The Morgan fingerprint density at radius 2 is 2.05 bits per heavy atom. The van der Waals surface area contributed by atoms with Crippen molar-refractivity contribution in [2.45, 2.75) is 33.0 Å². The zero-order valence-electron chi connectivity index (χ0n) is 10.9. The number of hydrogen-bond acceptors (Lipinski definition) is 3. The molecule has 0 heterocycles. The Kier molecular flexibility index (Phi) is 6.48. The summed E-state index contributed by atoms with van der Waals surface area (Å²) in [7, 11) is 0. The first-order valence-corrected chi connectivity index (χ1v) is 6.39. The van der Waals surface area contributed by atoms with E-state index in [1.165, 1.54) is 6.07 Å². The average molecular weight is 294 g/mol. The van der Waals surface area contributed by atoms with Gasteiger partial charge in [0.2, 0.25) is 0 Å². The van der Waals surface area contributed by atoms with Gasteiger partial charge in [-0.15, -0.1) is 0 Å². The molecule has 2 N–H and O–H groups in total. The van der Waals surface area contributed by atoms with Gasteiger partial charge in [-0.1, -0.05) is 24.6 Å². The molecule has 0 radical (unpaired) electrons. The van der Waals surface area contributed by atoms with Crippen molar-refractivity contribution in [3.63, 3.8) is 0 Å². The van der Waals surface area contributed by atoms with Crippen LogP contribution in [0.1, 0.15) is 19.4 Å². The fourth-order valence-electron chi connectivity index (χ4n) is 1.48. The van der Waals surface area contributed by atoms with E-state index >= 15 is 0 Å². The fourth-order valence-corrected chi connectivity index (χ4v) is 1.73. The van der Waals surface area contributed by atoms with E-state index in [9.17, 15) is 8.78 Å². The zero-order chi connectivity index (χ0) is 14.4. The molecule has 0 spiro atoms. The van der Waals surface area contributed by atoms with Crippen LogP contribution in [0.25, 0.3) is 0 Å². The number of halogens is 3. The molecule has 0 amide bonds. The van der Waals surface area contributed by atoms with E-state index in [4.69, 9.17) is 16.7 Å². The normalized spacial score (nSPS) is 14.5. The van der Waals surface area contributed by atoms with Crippen molar-refractivity contribution in [2.24, 2.45) is 5.92 Å². The summed E-state index contributed by atoms with van der Waals surface area (Å²) in [6.07, 6.45) is 0. The summed E-state index contributed by atoms with van der Waals surface area (Å²) in [6, 6.07) is 4.82. The van der Waals surface area contributed by atoms with Crippen LogP contribution in [0.2, 0.25) is 5.02 Å². The second-order valence-electron chi connectivity index (χ2n) is 4.47. The van der Waals surface area contributed by atoms with Gasteiger partial charge in [0, 0.05) is 19.2 Å². The summed E-state index contributed by atoms with van der Waals surface area (Å²) in [5, 5.41) is 12.4.